The first-order chi connectivity index (χ1) is 11.9. The molecule has 0 aliphatic carbocycles. The molecule has 10 heteroatoms. The van der Waals surface area contributed by atoms with Crippen LogP contribution in [-0.4, -0.2) is 63.6 Å². The van der Waals surface area contributed by atoms with Crippen LogP contribution in [0.4, 0.5) is 0 Å². The fraction of sp³-hybridized carbons (Fsp3) is 0.533. The minimum absolute atomic E-state index is 0.0488. The van der Waals surface area contributed by atoms with E-state index in [9.17, 15) is 8.42 Å². The molecule has 25 heavy (non-hydrogen) atoms. The number of sulfonamides is 1. The van der Waals surface area contributed by atoms with Crippen LogP contribution in [0.3, 0.4) is 0 Å². The first-order valence-electron chi connectivity index (χ1n) is 7.68. The van der Waals surface area contributed by atoms with E-state index in [-0.39, 0.29) is 34.5 Å². The van der Waals surface area contributed by atoms with E-state index in [0.29, 0.717) is 24.2 Å². The predicted molar refractivity (Wildman–Crippen MR) is 100 cm³/mol. The van der Waals surface area contributed by atoms with Gasteiger partial charge in [-0.25, -0.2) is 8.42 Å². The fourth-order valence-corrected chi connectivity index (χ4v) is 5.83. The van der Waals surface area contributed by atoms with Crippen molar-refractivity contribution in [3.8, 4) is 6.07 Å². The molecule has 0 bridgehead atoms. The van der Waals surface area contributed by atoms with Crippen molar-refractivity contribution in [1.82, 2.24) is 9.21 Å². The molecule has 1 saturated heterocycles. The van der Waals surface area contributed by atoms with Crippen molar-refractivity contribution in [1.29, 1.82) is 5.26 Å². The van der Waals surface area contributed by atoms with Crippen LogP contribution in [0.2, 0.25) is 10.0 Å². The van der Waals surface area contributed by atoms with Gasteiger partial charge >= 0.3 is 0 Å². The van der Waals surface area contributed by atoms with Gasteiger partial charge in [0.1, 0.15) is 4.90 Å². The molecule has 1 aliphatic heterocycles. The minimum Gasteiger partial charge on any atom is -0.379 e. The Balaban J connectivity index is 2.24. The summed E-state index contributed by atoms with van der Waals surface area (Å²) >= 11 is 15.5. The SMILES string of the molecule is N#CCCN(CCN1CCOCC1)S(=O)(=O)c1c(Cl)cc(Br)cc1Cl. The third-order valence-electron chi connectivity index (χ3n) is 3.80. The van der Waals surface area contributed by atoms with E-state index in [1.165, 1.54) is 16.4 Å². The van der Waals surface area contributed by atoms with Crippen molar-refractivity contribution in [2.24, 2.45) is 0 Å². The Labute approximate surface area is 166 Å². The molecule has 0 atom stereocenters. The lowest BCUT2D eigenvalue weighted by Crippen LogP contribution is -2.43. The summed E-state index contributed by atoms with van der Waals surface area (Å²) in [6.45, 7) is 3.68. The summed E-state index contributed by atoms with van der Waals surface area (Å²) in [5, 5.41) is 8.95. The maximum atomic E-state index is 13.1. The Hall–Kier alpha value is -0.400. The lowest BCUT2D eigenvalue weighted by atomic mass is 10.4. The number of benzene rings is 1. The molecule has 138 valence electrons. The van der Waals surface area contributed by atoms with Gasteiger partial charge in [0.2, 0.25) is 10.0 Å². The summed E-state index contributed by atoms with van der Waals surface area (Å²) in [6.07, 6.45) is 0.0914. The number of rotatable bonds is 7. The molecule has 1 aromatic carbocycles. The predicted octanol–water partition coefficient (Wildman–Crippen LogP) is 2.99. The largest absolute Gasteiger partial charge is 0.379 e. The molecule has 1 aromatic rings. The van der Waals surface area contributed by atoms with Gasteiger partial charge in [-0.05, 0) is 12.1 Å². The van der Waals surface area contributed by atoms with Crippen LogP contribution in [0.5, 0.6) is 0 Å². The average molecular weight is 471 g/mol. The zero-order valence-electron chi connectivity index (χ0n) is 13.4. The van der Waals surface area contributed by atoms with Crippen molar-refractivity contribution in [2.45, 2.75) is 11.3 Å². The molecule has 0 unspecified atom stereocenters. The van der Waals surface area contributed by atoms with E-state index < -0.39 is 10.0 Å². The van der Waals surface area contributed by atoms with Crippen LogP contribution in [0.1, 0.15) is 6.42 Å². The summed E-state index contributed by atoms with van der Waals surface area (Å²) in [4.78, 5) is 2.00. The van der Waals surface area contributed by atoms with Gasteiger partial charge in [0, 0.05) is 43.6 Å². The lowest BCUT2D eigenvalue weighted by molar-refractivity contribution is 0.0363. The first-order valence-corrected chi connectivity index (χ1v) is 10.7. The van der Waals surface area contributed by atoms with Crippen molar-refractivity contribution in [2.75, 3.05) is 45.9 Å². The molecule has 1 aliphatic rings. The van der Waals surface area contributed by atoms with Crippen LogP contribution < -0.4 is 0 Å². The third-order valence-corrected chi connectivity index (χ3v) is 7.08. The molecule has 0 aromatic heterocycles. The monoisotopic (exact) mass is 469 g/mol. The summed E-state index contributed by atoms with van der Waals surface area (Å²) in [5.41, 5.74) is 0. The van der Waals surface area contributed by atoms with E-state index in [2.05, 4.69) is 20.8 Å². The number of nitriles is 1. The maximum absolute atomic E-state index is 13.1. The molecule has 0 spiro atoms. The second-order valence-electron chi connectivity index (χ2n) is 5.46. The van der Waals surface area contributed by atoms with Crippen molar-refractivity contribution >= 4 is 49.2 Å². The number of nitrogens with zero attached hydrogens (tertiary/aromatic N) is 3. The van der Waals surface area contributed by atoms with Gasteiger partial charge in [-0.15, -0.1) is 0 Å². The van der Waals surface area contributed by atoms with Crippen LogP contribution in [-0.2, 0) is 14.8 Å². The van der Waals surface area contributed by atoms with Crippen LogP contribution in [0, 0.1) is 11.3 Å². The lowest BCUT2D eigenvalue weighted by Gasteiger charge is -2.29. The molecule has 0 amide bonds. The highest BCUT2D eigenvalue weighted by Gasteiger charge is 2.29. The molecule has 0 N–H and O–H groups in total. The quantitative estimate of drug-likeness (QED) is 0.612. The first kappa shape index (κ1) is 20.9. The molecule has 0 saturated carbocycles. The average Bonchev–Trinajstić information content (AvgIpc) is 2.54. The van der Waals surface area contributed by atoms with E-state index >= 15 is 0 Å². The molecule has 2 rings (SSSR count). The van der Waals surface area contributed by atoms with Crippen molar-refractivity contribution in [3.63, 3.8) is 0 Å². The van der Waals surface area contributed by atoms with Gasteiger partial charge in [-0.3, -0.25) is 4.90 Å². The number of ether oxygens (including phenoxy) is 1. The Bertz CT molecular complexity index is 726. The normalized spacial score (nSPS) is 16.1. The van der Waals surface area contributed by atoms with Gasteiger partial charge in [0.05, 0.1) is 29.3 Å². The molecule has 6 nitrogen and oxygen atoms in total. The zero-order chi connectivity index (χ0) is 18.4. The van der Waals surface area contributed by atoms with Crippen molar-refractivity contribution < 1.29 is 13.2 Å². The highest BCUT2D eigenvalue weighted by atomic mass is 79.9. The standard InChI is InChI=1S/C15H18BrCl2N3O3S/c16-12-10-13(17)15(14(18)11-12)25(22,23)21(3-1-2-19)5-4-20-6-8-24-9-7-20/h10-11H,1,3-9H2. The third kappa shape index (κ3) is 5.54. The summed E-state index contributed by atoms with van der Waals surface area (Å²) in [6, 6.07) is 4.97. The smallest absolute Gasteiger partial charge is 0.246 e. The maximum Gasteiger partial charge on any atom is 0.246 e. The van der Waals surface area contributed by atoms with E-state index in [4.69, 9.17) is 33.2 Å². The Morgan fingerprint density at radius 1 is 1.24 bits per heavy atom. The van der Waals surface area contributed by atoms with Crippen LogP contribution >= 0.6 is 39.1 Å². The summed E-state index contributed by atoms with van der Waals surface area (Å²) in [5.74, 6) is 0. The number of morpholine rings is 1. The Morgan fingerprint density at radius 3 is 2.40 bits per heavy atom. The highest BCUT2D eigenvalue weighted by molar-refractivity contribution is 9.10. The molecule has 1 fully saturated rings. The molecule has 1 heterocycles. The van der Waals surface area contributed by atoms with Crippen molar-refractivity contribution in [3.05, 3.63) is 26.7 Å². The Morgan fingerprint density at radius 2 is 1.84 bits per heavy atom. The van der Waals surface area contributed by atoms with Gasteiger partial charge in [0.15, 0.2) is 0 Å². The molecular weight excluding hydrogens is 453 g/mol. The summed E-state index contributed by atoms with van der Waals surface area (Å²) in [7, 11) is -3.91. The van der Waals surface area contributed by atoms with E-state index in [0.717, 1.165) is 13.1 Å². The highest BCUT2D eigenvalue weighted by Crippen LogP contribution is 2.34. The van der Waals surface area contributed by atoms with Crippen LogP contribution in [0.15, 0.2) is 21.5 Å². The van der Waals surface area contributed by atoms with E-state index in [1.54, 1.807) is 0 Å². The molecule has 0 radical (unpaired) electrons. The minimum atomic E-state index is -3.91. The second-order valence-corrected chi connectivity index (χ2v) is 9.07. The molecular formula is C15H18BrCl2N3O3S. The number of halogens is 3. The zero-order valence-corrected chi connectivity index (χ0v) is 17.3. The topological polar surface area (TPSA) is 73.6 Å². The summed E-state index contributed by atoms with van der Waals surface area (Å²) < 4.78 is 33.3. The fourth-order valence-electron chi connectivity index (χ4n) is 2.51. The van der Waals surface area contributed by atoms with Crippen LogP contribution in [0.25, 0.3) is 0 Å². The van der Waals surface area contributed by atoms with Gasteiger partial charge in [-0.2, -0.15) is 9.57 Å². The van der Waals surface area contributed by atoms with Gasteiger partial charge in [-0.1, -0.05) is 39.1 Å². The second kappa shape index (κ2) is 9.51. The van der Waals surface area contributed by atoms with Gasteiger partial charge in [0.25, 0.3) is 0 Å². The number of hydrogen-bond donors (Lipinski definition) is 0. The van der Waals surface area contributed by atoms with E-state index in [1.807, 2.05) is 6.07 Å². The number of hydrogen-bond acceptors (Lipinski definition) is 5. The Kier molecular flexibility index (Phi) is 7.95. The van der Waals surface area contributed by atoms with Gasteiger partial charge < -0.3 is 4.74 Å².